The van der Waals surface area contributed by atoms with Crippen LogP contribution in [0.2, 0.25) is 0 Å². The van der Waals surface area contributed by atoms with Crippen molar-refractivity contribution < 1.29 is 9.53 Å². The number of thioether (sulfide) groups is 1. The van der Waals surface area contributed by atoms with E-state index in [1.807, 2.05) is 11.8 Å². The van der Waals surface area contributed by atoms with Crippen molar-refractivity contribution in [3.05, 3.63) is 35.9 Å². The Hall–Kier alpha value is -1.93. The van der Waals surface area contributed by atoms with Crippen molar-refractivity contribution in [2.75, 3.05) is 19.7 Å². The molecule has 0 bridgehead atoms. The molecule has 8 heteroatoms. The largest absolute Gasteiger partial charge is 0.376 e. The second-order valence-corrected chi connectivity index (χ2v) is 9.31. The SMILES string of the molecule is C[C@@H](Sc1nnnn1C[C@@H]1CCCO1)C(=O)N1CCC(Cc2ccccc2)CC1. The first-order chi connectivity index (χ1) is 14.2. The number of hydrogen-bond acceptors (Lipinski definition) is 6. The van der Waals surface area contributed by atoms with Crippen LogP contribution < -0.4 is 0 Å². The Kier molecular flexibility index (Phi) is 6.82. The van der Waals surface area contributed by atoms with Gasteiger partial charge in [-0.2, -0.15) is 0 Å². The first-order valence-corrected chi connectivity index (χ1v) is 11.4. The number of hydrogen-bond donors (Lipinski definition) is 0. The normalized spacial score (nSPS) is 21.4. The van der Waals surface area contributed by atoms with Crippen molar-refractivity contribution in [3.63, 3.8) is 0 Å². The number of carbonyl (C=O) groups is 1. The van der Waals surface area contributed by atoms with Crippen molar-refractivity contribution in [1.29, 1.82) is 0 Å². The van der Waals surface area contributed by atoms with E-state index in [0.29, 0.717) is 17.6 Å². The molecular formula is C21H29N5O2S. The van der Waals surface area contributed by atoms with Crippen LogP contribution in [0.3, 0.4) is 0 Å². The van der Waals surface area contributed by atoms with Gasteiger partial charge in [-0.1, -0.05) is 42.1 Å². The fourth-order valence-electron chi connectivity index (χ4n) is 4.15. The summed E-state index contributed by atoms with van der Waals surface area (Å²) in [4.78, 5) is 15.0. The second kappa shape index (κ2) is 9.71. The Morgan fingerprint density at radius 1 is 1.24 bits per heavy atom. The van der Waals surface area contributed by atoms with Crippen molar-refractivity contribution in [2.24, 2.45) is 5.92 Å². The van der Waals surface area contributed by atoms with Gasteiger partial charge < -0.3 is 9.64 Å². The number of piperidine rings is 1. The van der Waals surface area contributed by atoms with E-state index in [4.69, 9.17) is 4.74 Å². The zero-order valence-corrected chi connectivity index (χ0v) is 17.8. The fraction of sp³-hybridized carbons (Fsp3) is 0.619. The smallest absolute Gasteiger partial charge is 0.235 e. The van der Waals surface area contributed by atoms with Gasteiger partial charge in [0.15, 0.2) is 0 Å². The van der Waals surface area contributed by atoms with Crippen LogP contribution in [0, 0.1) is 5.92 Å². The Morgan fingerprint density at radius 3 is 2.76 bits per heavy atom. The van der Waals surface area contributed by atoms with E-state index in [2.05, 4.69) is 45.9 Å². The van der Waals surface area contributed by atoms with Crippen molar-refractivity contribution in [3.8, 4) is 0 Å². The van der Waals surface area contributed by atoms with Crippen LogP contribution >= 0.6 is 11.8 Å². The molecule has 29 heavy (non-hydrogen) atoms. The zero-order chi connectivity index (χ0) is 20.1. The van der Waals surface area contributed by atoms with Crippen LogP contribution in [0.4, 0.5) is 0 Å². The standard InChI is InChI=1S/C21H29N5O2S/c1-16(29-21-22-23-24-26(21)15-19-8-5-13-28-19)20(27)25-11-9-18(10-12-25)14-17-6-3-2-4-7-17/h2-4,6-7,16,18-19H,5,8-15H2,1H3/t16-,19+/m1/s1. The molecule has 7 nitrogen and oxygen atoms in total. The highest BCUT2D eigenvalue weighted by atomic mass is 32.2. The van der Waals surface area contributed by atoms with Crippen LogP contribution in [0.5, 0.6) is 0 Å². The molecule has 156 valence electrons. The summed E-state index contributed by atoms with van der Waals surface area (Å²) in [6.07, 6.45) is 5.53. The average molecular weight is 416 g/mol. The lowest BCUT2D eigenvalue weighted by Gasteiger charge is -2.33. The summed E-state index contributed by atoms with van der Waals surface area (Å²) >= 11 is 1.45. The summed E-state index contributed by atoms with van der Waals surface area (Å²) in [5, 5.41) is 12.5. The number of ether oxygens (including phenoxy) is 1. The molecule has 1 amide bonds. The molecule has 3 heterocycles. The molecule has 0 spiro atoms. The maximum atomic E-state index is 12.9. The summed E-state index contributed by atoms with van der Waals surface area (Å²) < 4.78 is 7.45. The van der Waals surface area contributed by atoms with Crippen LogP contribution in [0.25, 0.3) is 0 Å². The van der Waals surface area contributed by atoms with Crippen molar-refractivity contribution in [1.82, 2.24) is 25.1 Å². The molecule has 0 N–H and O–H groups in total. The van der Waals surface area contributed by atoms with Gasteiger partial charge in [0, 0.05) is 19.7 Å². The first kappa shape index (κ1) is 20.3. The van der Waals surface area contributed by atoms with Gasteiger partial charge in [0.2, 0.25) is 11.1 Å². The van der Waals surface area contributed by atoms with E-state index in [1.165, 1.54) is 17.3 Å². The molecule has 2 saturated heterocycles. The Labute approximate surface area is 176 Å². The van der Waals surface area contributed by atoms with Gasteiger partial charge in [0.05, 0.1) is 17.9 Å². The maximum Gasteiger partial charge on any atom is 0.235 e. The summed E-state index contributed by atoms with van der Waals surface area (Å²) in [6.45, 7) is 5.09. The highest BCUT2D eigenvalue weighted by Gasteiger charge is 2.28. The number of likely N-dealkylation sites (tertiary alicyclic amines) is 1. The van der Waals surface area contributed by atoms with Gasteiger partial charge in [0.25, 0.3) is 0 Å². The monoisotopic (exact) mass is 415 g/mol. The predicted molar refractivity (Wildman–Crippen MR) is 112 cm³/mol. The minimum Gasteiger partial charge on any atom is -0.376 e. The summed E-state index contributed by atoms with van der Waals surface area (Å²) in [7, 11) is 0. The molecular weight excluding hydrogens is 386 g/mol. The lowest BCUT2D eigenvalue weighted by molar-refractivity contribution is -0.131. The van der Waals surface area contributed by atoms with E-state index >= 15 is 0 Å². The third kappa shape index (κ3) is 5.36. The third-order valence-corrected chi connectivity index (χ3v) is 6.88. The number of rotatable bonds is 7. The molecule has 0 unspecified atom stereocenters. The maximum absolute atomic E-state index is 12.9. The molecule has 1 aromatic heterocycles. The van der Waals surface area contributed by atoms with Gasteiger partial charge in [0.1, 0.15) is 0 Å². The molecule has 2 aliphatic rings. The molecule has 2 fully saturated rings. The van der Waals surface area contributed by atoms with E-state index in [0.717, 1.165) is 51.8 Å². The van der Waals surface area contributed by atoms with E-state index in [9.17, 15) is 4.79 Å². The Bertz CT molecular complexity index is 785. The third-order valence-electron chi connectivity index (χ3n) is 5.82. The van der Waals surface area contributed by atoms with Gasteiger partial charge >= 0.3 is 0 Å². The van der Waals surface area contributed by atoms with Crippen LogP contribution in [0.1, 0.15) is 38.2 Å². The number of carbonyl (C=O) groups excluding carboxylic acids is 1. The number of aromatic nitrogens is 4. The molecule has 2 aliphatic heterocycles. The fourth-order valence-corrected chi connectivity index (χ4v) is 5.03. The second-order valence-electron chi connectivity index (χ2n) is 8.00. The zero-order valence-electron chi connectivity index (χ0n) is 16.9. The molecule has 0 aliphatic carbocycles. The highest BCUT2D eigenvalue weighted by molar-refractivity contribution is 8.00. The van der Waals surface area contributed by atoms with Gasteiger partial charge in [-0.05, 0) is 60.9 Å². The van der Waals surface area contributed by atoms with E-state index in [-0.39, 0.29) is 17.3 Å². The highest BCUT2D eigenvalue weighted by Crippen LogP contribution is 2.27. The molecule has 0 radical (unpaired) electrons. The number of tetrazole rings is 1. The van der Waals surface area contributed by atoms with E-state index < -0.39 is 0 Å². The molecule has 1 aromatic carbocycles. The van der Waals surface area contributed by atoms with Crippen LogP contribution in [-0.2, 0) is 22.5 Å². The van der Waals surface area contributed by atoms with Crippen molar-refractivity contribution >= 4 is 17.7 Å². The topological polar surface area (TPSA) is 73.1 Å². The summed E-state index contributed by atoms with van der Waals surface area (Å²) in [5.41, 5.74) is 1.39. The van der Waals surface area contributed by atoms with Crippen LogP contribution in [-0.4, -0.2) is 62.1 Å². The number of nitrogens with zero attached hydrogens (tertiary/aromatic N) is 5. The quantitative estimate of drug-likeness (QED) is 0.648. The van der Waals surface area contributed by atoms with Crippen LogP contribution in [0.15, 0.2) is 35.5 Å². The first-order valence-electron chi connectivity index (χ1n) is 10.6. The molecule has 2 atom stereocenters. The average Bonchev–Trinajstić information content (AvgIpc) is 3.42. The molecule has 0 saturated carbocycles. The molecule has 2 aromatic rings. The van der Waals surface area contributed by atoms with Crippen molar-refractivity contribution in [2.45, 2.75) is 62.1 Å². The molecule has 4 rings (SSSR count). The Morgan fingerprint density at radius 2 is 2.03 bits per heavy atom. The Balaban J connectivity index is 1.26. The van der Waals surface area contributed by atoms with Gasteiger partial charge in [-0.15, -0.1) is 5.10 Å². The van der Waals surface area contributed by atoms with E-state index in [1.54, 1.807) is 4.68 Å². The minimum absolute atomic E-state index is 0.174. The lowest BCUT2D eigenvalue weighted by Crippen LogP contribution is -2.42. The number of amides is 1. The number of benzene rings is 1. The summed E-state index contributed by atoms with van der Waals surface area (Å²) in [6, 6.07) is 10.6. The summed E-state index contributed by atoms with van der Waals surface area (Å²) in [5.74, 6) is 0.836. The van der Waals surface area contributed by atoms with Gasteiger partial charge in [-0.3, -0.25) is 4.79 Å². The predicted octanol–water partition coefficient (Wildman–Crippen LogP) is 2.81. The lowest BCUT2D eigenvalue weighted by atomic mass is 9.90. The van der Waals surface area contributed by atoms with Gasteiger partial charge in [-0.25, -0.2) is 4.68 Å². The minimum atomic E-state index is -0.199.